The van der Waals surface area contributed by atoms with E-state index < -0.39 is 16.9 Å². The number of rotatable bonds is 8. The van der Waals surface area contributed by atoms with E-state index in [1.54, 1.807) is 0 Å². The molecule has 0 aromatic heterocycles. The number of anilines is 1. The van der Waals surface area contributed by atoms with Gasteiger partial charge >= 0.3 is 5.97 Å². The number of esters is 1. The molecule has 6 heteroatoms. The fourth-order valence-electron chi connectivity index (χ4n) is 1.69. The first kappa shape index (κ1) is 17.8. The average molecular weight is 317 g/mol. The van der Waals surface area contributed by atoms with Crippen molar-refractivity contribution >= 4 is 23.4 Å². The van der Waals surface area contributed by atoms with Crippen LogP contribution in [-0.2, 0) is 9.53 Å². The van der Waals surface area contributed by atoms with Crippen LogP contribution in [0.2, 0.25) is 0 Å². The third kappa shape index (κ3) is 5.53. The zero-order valence-electron chi connectivity index (χ0n) is 12.3. The molecular formula is C15H21F2NO2S. The standard InChI is InChI=1S/C15H21F2NO2S/c1-3-5-7-20-15(19)13(6-4-2)21-14-9-12(18)10(16)8-11(14)17/h8-9,13H,3-7,18H2,1-2H3. The van der Waals surface area contributed by atoms with E-state index in [0.717, 1.165) is 37.1 Å². The van der Waals surface area contributed by atoms with Crippen LogP contribution in [0.15, 0.2) is 17.0 Å². The SMILES string of the molecule is CCCCOC(=O)C(CCC)Sc1cc(N)c(F)cc1F. The molecule has 0 aliphatic carbocycles. The lowest BCUT2D eigenvalue weighted by atomic mass is 10.2. The summed E-state index contributed by atoms with van der Waals surface area (Å²) < 4.78 is 32.1. The van der Waals surface area contributed by atoms with Crippen molar-refractivity contribution in [2.45, 2.75) is 49.7 Å². The van der Waals surface area contributed by atoms with Gasteiger partial charge in [-0.2, -0.15) is 0 Å². The van der Waals surface area contributed by atoms with Crippen molar-refractivity contribution in [3.8, 4) is 0 Å². The van der Waals surface area contributed by atoms with Gasteiger partial charge in [0.15, 0.2) is 0 Å². The molecule has 1 atom stereocenters. The predicted molar refractivity (Wildman–Crippen MR) is 81.2 cm³/mol. The van der Waals surface area contributed by atoms with Crippen LogP contribution in [0.1, 0.15) is 39.5 Å². The monoisotopic (exact) mass is 317 g/mol. The van der Waals surface area contributed by atoms with Crippen molar-refractivity contribution < 1.29 is 18.3 Å². The van der Waals surface area contributed by atoms with Crippen molar-refractivity contribution in [1.82, 2.24) is 0 Å². The van der Waals surface area contributed by atoms with Crippen molar-refractivity contribution in [3.63, 3.8) is 0 Å². The lowest BCUT2D eigenvalue weighted by Gasteiger charge is -2.15. The molecule has 0 saturated carbocycles. The Kier molecular flexibility index (Phi) is 7.50. The lowest BCUT2D eigenvalue weighted by Crippen LogP contribution is -2.21. The molecule has 0 saturated heterocycles. The molecule has 1 aromatic rings. The van der Waals surface area contributed by atoms with Crippen LogP contribution in [0.4, 0.5) is 14.5 Å². The van der Waals surface area contributed by atoms with Gasteiger partial charge in [-0.05, 0) is 18.9 Å². The van der Waals surface area contributed by atoms with E-state index in [4.69, 9.17) is 10.5 Å². The van der Waals surface area contributed by atoms with E-state index in [9.17, 15) is 13.6 Å². The van der Waals surface area contributed by atoms with Crippen LogP contribution in [0.3, 0.4) is 0 Å². The maximum atomic E-state index is 13.7. The summed E-state index contributed by atoms with van der Waals surface area (Å²) in [6.45, 7) is 4.30. The first-order valence-corrected chi connectivity index (χ1v) is 7.95. The highest BCUT2D eigenvalue weighted by Gasteiger charge is 2.22. The second-order valence-corrected chi connectivity index (χ2v) is 5.96. The summed E-state index contributed by atoms with van der Waals surface area (Å²) in [7, 11) is 0. The third-order valence-electron chi connectivity index (χ3n) is 2.88. The highest BCUT2D eigenvalue weighted by Crippen LogP contribution is 2.32. The third-order valence-corrected chi connectivity index (χ3v) is 4.16. The average Bonchev–Trinajstić information content (AvgIpc) is 2.44. The number of thioether (sulfide) groups is 1. The summed E-state index contributed by atoms with van der Waals surface area (Å²) in [6, 6.07) is 1.96. The number of benzene rings is 1. The van der Waals surface area contributed by atoms with Crippen molar-refractivity contribution in [2.24, 2.45) is 0 Å². The van der Waals surface area contributed by atoms with Gasteiger partial charge in [0.2, 0.25) is 0 Å². The molecule has 1 unspecified atom stereocenters. The minimum atomic E-state index is -0.797. The summed E-state index contributed by atoms with van der Waals surface area (Å²) in [5.41, 5.74) is 5.31. The van der Waals surface area contributed by atoms with Gasteiger partial charge in [0.05, 0.1) is 12.3 Å². The Balaban J connectivity index is 2.78. The Morgan fingerprint density at radius 1 is 1.29 bits per heavy atom. The largest absolute Gasteiger partial charge is 0.465 e. The van der Waals surface area contributed by atoms with Crippen molar-refractivity contribution in [2.75, 3.05) is 12.3 Å². The minimum absolute atomic E-state index is 0.131. The Morgan fingerprint density at radius 3 is 2.62 bits per heavy atom. The van der Waals surface area contributed by atoms with E-state index in [-0.39, 0.29) is 16.6 Å². The maximum absolute atomic E-state index is 13.7. The van der Waals surface area contributed by atoms with Crippen molar-refractivity contribution in [3.05, 3.63) is 23.8 Å². The molecule has 0 amide bonds. The molecule has 1 rings (SSSR count). The predicted octanol–water partition coefficient (Wildman–Crippen LogP) is 4.15. The number of unbranched alkanes of at least 4 members (excludes halogenated alkanes) is 1. The molecule has 21 heavy (non-hydrogen) atoms. The number of ether oxygens (including phenoxy) is 1. The molecular weight excluding hydrogens is 296 g/mol. The van der Waals surface area contributed by atoms with E-state index >= 15 is 0 Å². The molecule has 0 radical (unpaired) electrons. The van der Waals surface area contributed by atoms with Crippen LogP contribution in [0, 0.1) is 11.6 Å². The number of hydrogen-bond acceptors (Lipinski definition) is 4. The number of nitrogen functional groups attached to an aromatic ring is 1. The Hall–Kier alpha value is -1.30. The number of nitrogens with two attached hydrogens (primary N) is 1. The van der Waals surface area contributed by atoms with Gasteiger partial charge in [0, 0.05) is 11.0 Å². The Labute approximate surface area is 128 Å². The zero-order valence-corrected chi connectivity index (χ0v) is 13.1. The smallest absolute Gasteiger partial charge is 0.319 e. The van der Waals surface area contributed by atoms with Crippen LogP contribution >= 0.6 is 11.8 Å². The van der Waals surface area contributed by atoms with E-state index in [0.29, 0.717) is 13.0 Å². The maximum Gasteiger partial charge on any atom is 0.319 e. The topological polar surface area (TPSA) is 52.3 Å². The highest BCUT2D eigenvalue weighted by atomic mass is 32.2. The second kappa shape index (κ2) is 8.87. The van der Waals surface area contributed by atoms with Gasteiger partial charge in [0.1, 0.15) is 16.9 Å². The van der Waals surface area contributed by atoms with Crippen molar-refractivity contribution in [1.29, 1.82) is 0 Å². The normalized spacial score (nSPS) is 12.2. The van der Waals surface area contributed by atoms with E-state index in [1.807, 2.05) is 13.8 Å². The van der Waals surface area contributed by atoms with Gasteiger partial charge in [-0.15, -0.1) is 11.8 Å². The summed E-state index contributed by atoms with van der Waals surface area (Å²) in [5, 5.41) is -0.508. The fourth-order valence-corrected chi connectivity index (χ4v) is 2.88. The highest BCUT2D eigenvalue weighted by molar-refractivity contribution is 8.00. The number of carbonyl (C=O) groups excluding carboxylic acids is 1. The summed E-state index contributed by atoms with van der Waals surface area (Å²) in [5.74, 6) is -1.87. The summed E-state index contributed by atoms with van der Waals surface area (Å²) in [4.78, 5) is 12.2. The Morgan fingerprint density at radius 2 is 2.00 bits per heavy atom. The summed E-state index contributed by atoms with van der Waals surface area (Å²) >= 11 is 1.03. The Bertz CT molecular complexity index is 483. The van der Waals surface area contributed by atoms with Crippen LogP contribution in [0.5, 0.6) is 0 Å². The van der Waals surface area contributed by atoms with Gasteiger partial charge in [-0.1, -0.05) is 26.7 Å². The summed E-state index contributed by atoms with van der Waals surface area (Å²) in [6.07, 6.45) is 3.06. The van der Waals surface area contributed by atoms with Crippen LogP contribution < -0.4 is 5.73 Å². The quantitative estimate of drug-likeness (QED) is 0.339. The molecule has 0 bridgehead atoms. The number of halogens is 2. The van der Waals surface area contributed by atoms with Crippen LogP contribution in [-0.4, -0.2) is 17.8 Å². The van der Waals surface area contributed by atoms with E-state index in [1.165, 1.54) is 6.07 Å². The van der Waals surface area contributed by atoms with E-state index in [2.05, 4.69) is 0 Å². The molecule has 118 valence electrons. The first-order valence-electron chi connectivity index (χ1n) is 7.07. The van der Waals surface area contributed by atoms with Gasteiger partial charge in [-0.25, -0.2) is 8.78 Å². The van der Waals surface area contributed by atoms with Gasteiger partial charge in [-0.3, -0.25) is 4.79 Å². The lowest BCUT2D eigenvalue weighted by molar-refractivity contribution is -0.143. The molecule has 0 spiro atoms. The zero-order chi connectivity index (χ0) is 15.8. The second-order valence-electron chi connectivity index (χ2n) is 4.72. The first-order chi connectivity index (χ1) is 9.99. The molecule has 1 aromatic carbocycles. The molecule has 0 aliphatic rings. The minimum Gasteiger partial charge on any atom is -0.465 e. The number of hydrogen-bond donors (Lipinski definition) is 1. The molecule has 3 nitrogen and oxygen atoms in total. The molecule has 0 aliphatic heterocycles. The number of carbonyl (C=O) groups is 1. The van der Waals surface area contributed by atoms with Gasteiger partial charge in [0.25, 0.3) is 0 Å². The fraction of sp³-hybridized carbons (Fsp3) is 0.533. The van der Waals surface area contributed by atoms with Gasteiger partial charge < -0.3 is 10.5 Å². The van der Waals surface area contributed by atoms with Crippen LogP contribution in [0.25, 0.3) is 0 Å². The molecule has 0 fully saturated rings. The molecule has 2 N–H and O–H groups in total. The molecule has 0 heterocycles.